The first-order valence-corrected chi connectivity index (χ1v) is 20.4. The molecule has 0 aliphatic carbocycles. The lowest BCUT2D eigenvalue weighted by Gasteiger charge is -2.17. The summed E-state index contributed by atoms with van der Waals surface area (Å²) >= 11 is 6.22. The molecule has 11 heteroatoms. The van der Waals surface area contributed by atoms with Crippen molar-refractivity contribution >= 4 is 73.6 Å². The highest BCUT2D eigenvalue weighted by atomic mass is 79.9. The number of hydrogen-bond donors (Lipinski definition) is 3. The Morgan fingerprint density at radius 1 is 0.737 bits per heavy atom. The molecule has 7 rings (SSSR count). The molecule has 0 saturated heterocycles. The van der Waals surface area contributed by atoms with Crippen LogP contribution in [0.2, 0.25) is 0 Å². The Bertz CT molecular complexity index is 2460. The zero-order valence-corrected chi connectivity index (χ0v) is 33.5. The van der Waals surface area contributed by atoms with Gasteiger partial charge in [-0.2, -0.15) is 0 Å². The highest BCUT2D eigenvalue weighted by molar-refractivity contribution is 9.10. The number of rotatable bonds is 14. The number of hydrogen-bond acceptors (Lipinski definition) is 7. The van der Waals surface area contributed by atoms with Crippen molar-refractivity contribution in [2.75, 3.05) is 10.6 Å². The van der Waals surface area contributed by atoms with Crippen molar-refractivity contribution in [2.45, 2.75) is 16.8 Å². The minimum absolute atomic E-state index is 0.0616. The van der Waals surface area contributed by atoms with Crippen molar-refractivity contribution in [3.8, 4) is 17.0 Å². The second kappa shape index (κ2) is 19.1. The van der Waals surface area contributed by atoms with Gasteiger partial charge in [-0.15, -0.1) is 23.1 Å². The standard InChI is InChI=1S/C46H35BrN4O4S2/c47-36-20-18-33(19-21-36)41-30-56-46(50-41)51-45(54)42(34-12-6-2-7-13-34)57-39-26-22-37(23-27-39)48-44(53)40(49-43(52)35-14-8-3-9-15-35)28-31-16-24-38(25-17-31)55-29-32-10-4-1-5-11-32/h1-28,30,42H,29H2,(H,48,53)(H,49,52)(H,50,51,54)/b40-28-. The maximum Gasteiger partial charge on any atom is 0.272 e. The second-order valence-corrected chi connectivity index (χ2v) is 15.6. The first-order valence-electron chi connectivity index (χ1n) is 17.9. The van der Waals surface area contributed by atoms with Crippen LogP contribution in [0.15, 0.2) is 184 Å². The largest absolute Gasteiger partial charge is 0.489 e. The first-order chi connectivity index (χ1) is 27.9. The van der Waals surface area contributed by atoms with E-state index in [9.17, 15) is 14.4 Å². The summed E-state index contributed by atoms with van der Waals surface area (Å²) in [6.45, 7) is 0.426. The van der Waals surface area contributed by atoms with Gasteiger partial charge >= 0.3 is 0 Å². The number of ether oxygens (including phenoxy) is 1. The number of thiazole rings is 1. The van der Waals surface area contributed by atoms with Crippen LogP contribution in [0.5, 0.6) is 5.75 Å². The van der Waals surface area contributed by atoms with E-state index < -0.39 is 17.1 Å². The molecule has 1 unspecified atom stereocenters. The summed E-state index contributed by atoms with van der Waals surface area (Å²) in [5.74, 6) is -0.454. The fraction of sp³-hybridized carbons (Fsp3) is 0.0435. The van der Waals surface area contributed by atoms with Crippen molar-refractivity contribution in [2.24, 2.45) is 0 Å². The monoisotopic (exact) mass is 850 g/mol. The molecule has 0 spiro atoms. The first kappa shape index (κ1) is 39.0. The SMILES string of the molecule is O=C(Nc1ccc(SC(C(=O)Nc2nc(-c3ccc(Br)cc3)cs2)c2ccccc2)cc1)/C(=C/c1ccc(OCc2ccccc2)cc1)NC(=O)c1ccccc1. The second-order valence-electron chi connectivity index (χ2n) is 12.6. The van der Waals surface area contributed by atoms with Gasteiger partial charge in [0.25, 0.3) is 11.8 Å². The molecule has 1 heterocycles. The third kappa shape index (κ3) is 10.9. The zero-order valence-electron chi connectivity index (χ0n) is 30.3. The molecular formula is C46H35BrN4O4S2. The fourth-order valence-corrected chi connectivity index (χ4v) is 7.63. The van der Waals surface area contributed by atoms with Gasteiger partial charge in [0.05, 0.1) is 5.69 Å². The van der Waals surface area contributed by atoms with Crippen LogP contribution in [0.25, 0.3) is 17.3 Å². The molecule has 6 aromatic carbocycles. The molecule has 3 N–H and O–H groups in total. The Balaban J connectivity index is 1.04. The van der Waals surface area contributed by atoms with Crippen LogP contribution >= 0.6 is 39.0 Å². The van der Waals surface area contributed by atoms with Crippen LogP contribution in [0, 0.1) is 0 Å². The number of nitrogens with zero attached hydrogens (tertiary/aromatic N) is 1. The Hall–Kier alpha value is -6.27. The van der Waals surface area contributed by atoms with Gasteiger partial charge in [-0.05, 0) is 83.4 Å². The van der Waals surface area contributed by atoms with Crippen LogP contribution in [0.3, 0.4) is 0 Å². The zero-order chi connectivity index (χ0) is 39.4. The molecule has 0 aliphatic heterocycles. The van der Waals surface area contributed by atoms with Crippen LogP contribution < -0.4 is 20.7 Å². The van der Waals surface area contributed by atoms with E-state index in [0.717, 1.165) is 31.8 Å². The normalized spacial score (nSPS) is 11.6. The van der Waals surface area contributed by atoms with E-state index >= 15 is 0 Å². The van der Waals surface area contributed by atoms with Crippen LogP contribution in [-0.2, 0) is 16.2 Å². The van der Waals surface area contributed by atoms with Gasteiger partial charge in [0.1, 0.15) is 23.3 Å². The highest BCUT2D eigenvalue weighted by Crippen LogP contribution is 2.37. The number of thioether (sulfide) groups is 1. The van der Waals surface area contributed by atoms with Gasteiger partial charge in [-0.1, -0.05) is 119 Å². The van der Waals surface area contributed by atoms with Crippen LogP contribution in [-0.4, -0.2) is 22.7 Å². The Kier molecular flexibility index (Phi) is 13.0. The topological polar surface area (TPSA) is 109 Å². The number of carbonyl (C=O) groups excluding carboxylic acids is 3. The van der Waals surface area contributed by atoms with Crippen LogP contribution in [0.1, 0.15) is 32.3 Å². The molecule has 0 saturated carbocycles. The third-order valence-corrected chi connectivity index (χ3v) is 11.1. The number of amides is 3. The van der Waals surface area contributed by atoms with Crippen molar-refractivity contribution in [1.82, 2.24) is 10.3 Å². The van der Waals surface area contributed by atoms with Gasteiger partial charge in [0.15, 0.2) is 5.13 Å². The van der Waals surface area contributed by atoms with Gasteiger partial charge < -0.3 is 20.7 Å². The Morgan fingerprint density at radius 2 is 1.39 bits per heavy atom. The average molecular weight is 852 g/mol. The lowest BCUT2D eigenvalue weighted by molar-refractivity contribution is -0.116. The van der Waals surface area contributed by atoms with E-state index in [1.807, 2.05) is 133 Å². The minimum atomic E-state index is -0.579. The third-order valence-electron chi connectivity index (χ3n) is 8.55. The molecule has 57 heavy (non-hydrogen) atoms. The highest BCUT2D eigenvalue weighted by Gasteiger charge is 2.24. The maximum absolute atomic E-state index is 13.8. The lowest BCUT2D eigenvalue weighted by Crippen LogP contribution is -2.30. The van der Waals surface area contributed by atoms with Crippen molar-refractivity contribution in [3.63, 3.8) is 0 Å². The molecule has 0 aliphatic rings. The quantitative estimate of drug-likeness (QED) is 0.0743. The van der Waals surface area contributed by atoms with Gasteiger partial charge in [-0.3, -0.25) is 14.4 Å². The smallest absolute Gasteiger partial charge is 0.272 e. The Morgan fingerprint density at radius 3 is 2.07 bits per heavy atom. The van der Waals surface area contributed by atoms with E-state index in [0.29, 0.717) is 34.3 Å². The molecule has 282 valence electrons. The number of aromatic nitrogens is 1. The van der Waals surface area contributed by atoms with Gasteiger partial charge in [0.2, 0.25) is 5.91 Å². The summed E-state index contributed by atoms with van der Waals surface area (Å²) in [4.78, 5) is 46.2. The van der Waals surface area contributed by atoms with E-state index in [4.69, 9.17) is 4.74 Å². The number of halogens is 1. The summed E-state index contributed by atoms with van der Waals surface area (Å²) in [6.07, 6.45) is 1.62. The number of nitrogens with one attached hydrogen (secondary N) is 3. The van der Waals surface area contributed by atoms with E-state index in [1.54, 1.807) is 42.5 Å². The summed E-state index contributed by atoms with van der Waals surface area (Å²) in [6, 6.07) is 50.5. The van der Waals surface area contributed by atoms with E-state index in [2.05, 4.69) is 36.9 Å². The predicted molar refractivity (Wildman–Crippen MR) is 233 cm³/mol. The minimum Gasteiger partial charge on any atom is -0.489 e. The van der Waals surface area contributed by atoms with Crippen LogP contribution in [0.4, 0.5) is 10.8 Å². The lowest BCUT2D eigenvalue weighted by atomic mass is 10.1. The number of benzene rings is 6. The molecule has 1 atom stereocenters. The molecular weight excluding hydrogens is 817 g/mol. The van der Waals surface area contributed by atoms with Crippen molar-refractivity contribution in [1.29, 1.82) is 0 Å². The Labute approximate surface area is 347 Å². The number of carbonyl (C=O) groups is 3. The molecule has 0 radical (unpaired) electrons. The fourth-order valence-electron chi connectivity index (χ4n) is 5.62. The summed E-state index contributed by atoms with van der Waals surface area (Å²) in [5, 5.41) is 10.6. The molecule has 0 fully saturated rings. The van der Waals surface area contributed by atoms with Crippen molar-refractivity contribution < 1.29 is 19.1 Å². The molecule has 1 aromatic heterocycles. The molecule has 7 aromatic rings. The van der Waals surface area contributed by atoms with E-state index in [-0.39, 0.29) is 11.6 Å². The number of anilines is 2. The average Bonchev–Trinajstić information content (AvgIpc) is 3.72. The van der Waals surface area contributed by atoms with Crippen molar-refractivity contribution in [3.05, 3.63) is 202 Å². The molecule has 3 amide bonds. The summed E-state index contributed by atoms with van der Waals surface area (Å²) < 4.78 is 6.90. The van der Waals surface area contributed by atoms with Gasteiger partial charge in [0, 0.05) is 31.6 Å². The molecule has 0 bridgehead atoms. The summed E-state index contributed by atoms with van der Waals surface area (Å²) in [7, 11) is 0. The van der Waals surface area contributed by atoms with E-state index in [1.165, 1.54) is 23.1 Å². The molecule has 8 nitrogen and oxygen atoms in total. The maximum atomic E-state index is 13.8. The van der Waals surface area contributed by atoms with Gasteiger partial charge in [-0.25, -0.2) is 4.98 Å². The predicted octanol–water partition coefficient (Wildman–Crippen LogP) is 11.0. The summed E-state index contributed by atoms with van der Waals surface area (Å²) in [5.41, 5.74) is 5.31.